The number of carbonyl (C=O) groups is 1. The van der Waals surface area contributed by atoms with E-state index in [4.69, 9.17) is 5.11 Å². The number of rotatable bonds is 5. The molecule has 102 valence electrons. The summed E-state index contributed by atoms with van der Waals surface area (Å²) in [6, 6.07) is 0. The molecule has 0 saturated carbocycles. The molecule has 0 aliphatic rings. The Morgan fingerprint density at radius 3 is 2.74 bits per heavy atom. The van der Waals surface area contributed by atoms with Crippen molar-refractivity contribution in [3.8, 4) is 0 Å². The van der Waals surface area contributed by atoms with Crippen LogP contribution in [0, 0.1) is 13.8 Å². The lowest BCUT2D eigenvalue weighted by Crippen LogP contribution is -2.06. The minimum absolute atomic E-state index is 0.0163. The second kappa shape index (κ2) is 5.48. The first-order valence-electron chi connectivity index (χ1n) is 5.83. The lowest BCUT2D eigenvalue weighted by Gasteiger charge is -2.08. The maximum Gasteiger partial charge on any atom is 0.313 e. The molecule has 2 aromatic heterocycles. The van der Waals surface area contributed by atoms with Crippen molar-refractivity contribution in [1.82, 2.24) is 19.3 Å². The number of imidazole rings is 1. The maximum atomic E-state index is 10.6. The molecule has 6 nitrogen and oxygen atoms in total. The van der Waals surface area contributed by atoms with Gasteiger partial charge in [0, 0.05) is 30.2 Å². The van der Waals surface area contributed by atoms with Crippen LogP contribution in [0.5, 0.6) is 0 Å². The number of aromatic nitrogens is 4. The Labute approximate surface area is 115 Å². The van der Waals surface area contributed by atoms with Crippen molar-refractivity contribution in [2.75, 3.05) is 5.75 Å². The molecule has 2 rings (SSSR count). The summed E-state index contributed by atoms with van der Waals surface area (Å²) in [5, 5.41) is 13.7. The molecule has 0 aromatic carbocycles. The molecular weight excluding hydrogens is 264 g/mol. The van der Waals surface area contributed by atoms with Crippen LogP contribution in [0.1, 0.15) is 17.0 Å². The highest BCUT2D eigenvalue weighted by Crippen LogP contribution is 2.20. The Bertz CT molecular complexity index is 603. The van der Waals surface area contributed by atoms with Crippen LogP contribution < -0.4 is 0 Å². The van der Waals surface area contributed by atoms with Gasteiger partial charge in [0.1, 0.15) is 0 Å². The third-order valence-corrected chi connectivity index (χ3v) is 3.98. The molecular formula is C12H16N4O2S. The fraction of sp³-hybridized carbons (Fsp3) is 0.417. The van der Waals surface area contributed by atoms with Crippen LogP contribution in [0.2, 0.25) is 0 Å². The summed E-state index contributed by atoms with van der Waals surface area (Å²) < 4.78 is 3.84. The monoisotopic (exact) mass is 280 g/mol. The normalized spacial score (nSPS) is 10.9. The fourth-order valence-electron chi connectivity index (χ4n) is 1.74. The molecule has 7 heteroatoms. The quantitative estimate of drug-likeness (QED) is 0.839. The summed E-state index contributed by atoms with van der Waals surface area (Å²) in [7, 11) is 1.90. The lowest BCUT2D eigenvalue weighted by atomic mass is 10.2. The average Bonchev–Trinajstić information content (AvgIpc) is 2.86. The van der Waals surface area contributed by atoms with E-state index in [-0.39, 0.29) is 5.75 Å². The number of carboxylic acids is 1. The predicted molar refractivity (Wildman–Crippen MR) is 72.4 cm³/mol. The van der Waals surface area contributed by atoms with Gasteiger partial charge in [-0.3, -0.25) is 9.48 Å². The van der Waals surface area contributed by atoms with Gasteiger partial charge in [0.2, 0.25) is 0 Å². The van der Waals surface area contributed by atoms with Gasteiger partial charge in [0.15, 0.2) is 5.16 Å². The second-order valence-electron chi connectivity index (χ2n) is 4.33. The molecule has 0 radical (unpaired) electrons. The molecule has 2 aromatic rings. The number of aliphatic carboxylic acids is 1. The van der Waals surface area contributed by atoms with E-state index < -0.39 is 5.97 Å². The van der Waals surface area contributed by atoms with Crippen LogP contribution in [0.15, 0.2) is 17.6 Å². The van der Waals surface area contributed by atoms with Crippen molar-refractivity contribution in [1.29, 1.82) is 0 Å². The smallest absolute Gasteiger partial charge is 0.313 e. The third-order valence-electron chi connectivity index (χ3n) is 3.01. The molecule has 2 heterocycles. The van der Waals surface area contributed by atoms with E-state index in [0.29, 0.717) is 6.54 Å². The lowest BCUT2D eigenvalue weighted by molar-refractivity contribution is -0.133. The Morgan fingerprint density at radius 2 is 2.16 bits per heavy atom. The summed E-state index contributed by atoms with van der Waals surface area (Å²) in [6.45, 7) is 4.63. The zero-order valence-corrected chi connectivity index (χ0v) is 11.9. The third kappa shape index (κ3) is 2.98. The molecule has 0 bridgehead atoms. The zero-order valence-electron chi connectivity index (χ0n) is 11.1. The van der Waals surface area contributed by atoms with Gasteiger partial charge in [-0.2, -0.15) is 5.10 Å². The van der Waals surface area contributed by atoms with Gasteiger partial charge in [-0.15, -0.1) is 0 Å². The number of carboxylic acid groups (broad SMARTS) is 1. The zero-order chi connectivity index (χ0) is 14.0. The van der Waals surface area contributed by atoms with Crippen molar-refractivity contribution in [2.45, 2.75) is 25.5 Å². The first kappa shape index (κ1) is 13.7. The minimum atomic E-state index is -0.838. The van der Waals surface area contributed by atoms with E-state index in [1.54, 1.807) is 6.20 Å². The second-order valence-corrected chi connectivity index (χ2v) is 5.27. The summed E-state index contributed by atoms with van der Waals surface area (Å²) >= 11 is 1.23. The first-order chi connectivity index (χ1) is 8.99. The number of nitrogens with zero attached hydrogens (tertiary/aromatic N) is 4. The summed E-state index contributed by atoms with van der Waals surface area (Å²) in [5.41, 5.74) is 3.22. The van der Waals surface area contributed by atoms with Crippen molar-refractivity contribution >= 4 is 17.7 Å². The summed E-state index contributed by atoms with van der Waals surface area (Å²) in [6.07, 6.45) is 3.59. The topological polar surface area (TPSA) is 72.9 Å². The van der Waals surface area contributed by atoms with Crippen LogP contribution in [0.25, 0.3) is 0 Å². The SMILES string of the molecule is Cc1c(Cn2c(C)cnc2SCC(=O)O)cnn1C. The van der Waals surface area contributed by atoms with Crippen LogP contribution in [-0.2, 0) is 18.4 Å². The summed E-state index contributed by atoms with van der Waals surface area (Å²) in [4.78, 5) is 14.9. The molecule has 0 saturated heterocycles. The van der Waals surface area contributed by atoms with Gasteiger partial charge >= 0.3 is 5.97 Å². The van der Waals surface area contributed by atoms with Crippen molar-refractivity contribution in [3.05, 3.63) is 29.3 Å². The van der Waals surface area contributed by atoms with Crippen molar-refractivity contribution in [3.63, 3.8) is 0 Å². The average molecular weight is 280 g/mol. The molecule has 0 aliphatic heterocycles. The highest BCUT2D eigenvalue weighted by molar-refractivity contribution is 7.99. The molecule has 0 aliphatic carbocycles. The Morgan fingerprint density at radius 1 is 1.42 bits per heavy atom. The van der Waals surface area contributed by atoms with Crippen LogP contribution in [0.3, 0.4) is 0 Å². The summed E-state index contributed by atoms with van der Waals surface area (Å²) in [5.74, 6) is -0.822. The Balaban J connectivity index is 2.22. The molecule has 19 heavy (non-hydrogen) atoms. The largest absolute Gasteiger partial charge is 0.481 e. The maximum absolute atomic E-state index is 10.6. The number of aryl methyl sites for hydroxylation is 2. The van der Waals surface area contributed by atoms with Gasteiger partial charge in [-0.1, -0.05) is 11.8 Å². The Kier molecular flexibility index (Phi) is 3.94. The van der Waals surface area contributed by atoms with Crippen molar-refractivity contribution in [2.24, 2.45) is 7.05 Å². The molecule has 0 fully saturated rings. The van der Waals surface area contributed by atoms with Gasteiger partial charge in [-0.25, -0.2) is 4.98 Å². The molecule has 1 N–H and O–H groups in total. The minimum Gasteiger partial charge on any atom is -0.481 e. The van der Waals surface area contributed by atoms with E-state index in [9.17, 15) is 4.79 Å². The van der Waals surface area contributed by atoms with Crippen LogP contribution in [0.4, 0.5) is 0 Å². The molecule has 0 amide bonds. The number of thioether (sulfide) groups is 1. The molecule has 0 atom stereocenters. The Hall–Kier alpha value is -1.76. The number of hydrogen-bond acceptors (Lipinski definition) is 4. The van der Waals surface area contributed by atoms with Gasteiger partial charge in [-0.05, 0) is 13.8 Å². The van der Waals surface area contributed by atoms with E-state index in [0.717, 1.165) is 22.1 Å². The molecule has 0 unspecified atom stereocenters. The van der Waals surface area contributed by atoms with E-state index in [1.165, 1.54) is 11.8 Å². The predicted octanol–water partition coefficient (Wildman–Crippen LogP) is 1.46. The van der Waals surface area contributed by atoms with Gasteiger partial charge in [0.05, 0.1) is 18.5 Å². The molecule has 0 spiro atoms. The van der Waals surface area contributed by atoms with Crippen molar-refractivity contribution < 1.29 is 9.90 Å². The van der Waals surface area contributed by atoms with E-state index in [2.05, 4.69) is 10.1 Å². The highest BCUT2D eigenvalue weighted by atomic mass is 32.2. The van der Waals surface area contributed by atoms with Gasteiger partial charge < -0.3 is 9.67 Å². The van der Waals surface area contributed by atoms with Crippen LogP contribution >= 0.6 is 11.8 Å². The number of hydrogen-bond donors (Lipinski definition) is 1. The van der Waals surface area contributed by atoms with E-state index >= 15 is 0 Å². The van der Waals surface area contributed by atoms with Crippen LogP contribution in [-0.4, -0.2) is 36.2 Å². The van der Waals surface area contributed by atoms with E-state index in [1.807, 2.05) is 36.3 Å². The first-order valence-corrected chi connectivity index (χ1v) is 6.81. The highest BCUT2D eigenvalue weighted by Gasteiger charge is 2.12. The standard InChI is InChI=1S/C12H16N4O2S/c1-8-4-13-12(19-7-11(17)18)16(8)6-10-5-14-15(3)9(10)2/h4-5H,6-7H2,1-3H3,(H,17,18). The van der Waals surface area contributed by atoms with Gasteiger partial charge in [0.25, 0.3) is 0 Å². The fourth-order valence-corrected chi connectivity index (χ4v) is 2.49.